The van der Waals surface area contributed by atoms with Crippen molar-refractivity contribution in [1.29, 1.82) is 0 Å². The molecule has 9 atom stereocenters. The van der Waals surface area contributed by atoms with Crippen LogP contribution in [0.4, 0.5) is 4.79 Å². The van der Waals surface area contributed by atoms with Gasteiger partial charge in [-0.15, -0.1) is 0 Å². The van der Waals surface area contributed by atoms with Crippen molar-refractivity contribution in [1.82, 2.24) is 20.9 Å². The lowest BCUT2D eigenvalue weighted by Crippen LogP contribution is -2.63. The number of ether oxygens (including phenoxy) is 8. The first-order valence-electron chi connectivity index (χ1n) is 20.3. The van der Waals surface area contributed by atoms with Crippen molar-refractivity contribution in [3.05, 3.63) is 0 Å². The number of likely N-dealkylation sites (tertiary alicyclic amines) is 1. The van der Waals surface area contributed by atoms with Crippen molar-refractivity contribution in [2.24, 2.45) is 5.92 Å². The molecule has 2 aliphatic rings. The molecule has 0 unspecified atom stereocenters. The van der Waals surface area contributed by atoms with E-state index in [0.717, 1.165) is 27.7 Å². The Kier molecular flexibility index (Phi) is 20.0. The van der Waals surface area contributed by atoms with E-state index in [9.17, 15) is 48.3 Å². The largest absolute Gasteiger partial charge is 0.463 e. The molecule has 0 aromatic rings. The lowest BCUT2D eigenvalue weighted by Gasteiger charge is -2.43. The second-order valence-corrected chi connectivity index (χ2v) is 17.3. The molecule has 0 radical (unpaired) electrons. The summed E-state index contributed by atoms with van der Waals surface area (Å²) in [5, 5.41) is 17.8. The van der Waals surface area contributed by atoms with Crippen molar-refractivity contribution in [2.75, 3.05) is 26.4 Å². The molecule has 4 N–H and O–H groups in total. The molecule has 22 nitrogen and oxygen atoms in total. The van der Waals surface area contributed by atoms with Gasteiger partial charge >= 0.3 is 35.9 Å². The van der Waals surface area contributed by atoms with Crippen LogP contribution in [0.1, 0.15) is 102 Å². The van der Waals surface area contributed by atoms with Crippen LogP contribution in [0.2, 0.25) is 0 Å². The van der Waals surface area contributed by atoms with Gasteiger partial charge in [0, 0.05) is 34.2 Å². The topological polar surface area (TPSA) is 287 Å². The van der Waals surface area contributed by atoms with E-state index in [1.165, 1.54) is 4.90 Å². The molecule has 2 aliphatic heterocycles. The van der Waals surface area contributed by atoms with Crippen molar-refractivity contribution in [3.63, 3.8) is 0 Å². The second kappa shape index (κ2) is 23.4. The van der Waals surface area contributed by atoms with Gasteiger partial charge in [-0.2, -0.15) is 0 Å². The van der Waals surface area contributed by atoms with Crippen LogP contribution in [-0.2, 0) is 76.3 Å². The fourth-order valence-corrected chi connectivity index (χ4v) is 6.37. The Bertz CT molecular complexity index is 1620. The highest BCUT2D eigenvalue weighted by Gasteiger charge is 2.54. The Morgan fingerprint density at radius 1 is 0.726 bits per heavy atom. The van der Waals surface area contributed by atoms with E-state index in [0.29, 0.717) is 6.42 Å². The van der Waals surface area contributed by atoms with Crippen LogP contribution in [0.15, 0.2) is 0 Å². The Hall–Kier alpha value is -5.09. The second-order valence-electron chi connectivity index (χ2n) is 17.3. The maximum absolute atomic E-state index is 13.9. The van der Waals surface area contributed by atoms with Crippen LogP contribution < -0.4 is 16.0 Å². The summed E-state index contributed by atoms with van der Waals surface area (Å²) in [6.07, 6.45) is -9.03. The summed E-state index contributed by atoms with van der Waals surface area (Å²) in [6.45, 7) is 16.3. The van der Waals surface area contributed by atoms with Gasteiger partial charge in [-0.1, -0.05) is 13.8 Å². The number of aliphatic hydroxyl groups is 1. The number of alkyl carbamates (subject to hydrolysis) is 1. The van der Waals surface area contributed by atoms with Crippen LogP contribution in [0, 0.1) is 5.92 Å². The molecular formula is C40H64N4O18. The molecule has 2 rings (SSSR count). The molecule has 0 bridgehead atoms. The quantitative estimate of drug-likeness (QED) is 0.106. The van der Waals surface area contributed by atoms with Gasteiger partial charge < -0.3 is 63.9 Å². The number of hydrogen-bond acceptors (Lipinski definition) is 18. The van der Waals surface area contributed by atoms with Gasteiger partial charge in [0.15, 0.2) is 18.2 Å². The van der Waals surface area contributed by atoms with E-state index in [1.807, 2.05) is 0 Å². The SMILES string of the molecule is CC(=O)OC[C@H]1O[C@@H](OC(=O)N[C@@H](CC(C)C)C(=O)N[C@@H](CO)C(=O)N2CCC[C@H]2C(=O)N[C@@H](COC(C)(C)C)C(=O)OC(C)(C)C)[C@H](OC(C)=O)[C@@H](OC(C)=O)[C@H]1OC(C)=O. The number of aliphatic hydroxyl groups excluding tert-OH is 1. The predicted octanol–water partition coefficient (Wildman–Crippen LogP) is 0.320. The number of carbonyl (C=O) groups is 9. The lowest BCUT2D eigenvalue weighted by atomic mass is 9.98. The molecule has 62 heavy (non-hydrogen) atoms. The third-order valence-corrected chi connectivity index (χ3v) is 8.81. The number of nitrogens with zero attached hydrogens (tertiary/aromatic N) is 1. The Morgan fingerprint density at radius 3 is 1.82 bits per heavy atom. The fourth-order valence-electron chi connectivity index (χ4n) is 6.37. The monoisotopic (exact) mass is 888 g/mol. The Balaban J connectivity index is 2.32. The molecule has 2 fully saturated rings. The van der Waals surface area contributed by atoms with E-state index < -0.39 is 133 Å². The average Bonchev–Trinajstić information content (AvgIpc) is 3.62. The van der Waals surface area contributed by atoms with Crippen molar-refractivity contribution < 1.29 is 86.2 Å². The van der Waals surface area contributed by atoms with Crippen LogP contribution in [-0.4, -0.2) is 156 Å². The normalized spacial score (nSPS) is 22.8. The van der Waals surface area contributed by atoms with Gasteiger partial charge in [0.05, 0.1) is 18.8 Å². The van der Waals surface area contributed by atoms with Gasteiger partial charge in [0.2, 0.25) is 30.1 Å². The number of amides is 4. The maximum atomic E-state index is 13.9. The number of carbonyl (C=O) groups excluding carboxylic acids is 9. The summed E-state index contributed by atoms with van der Waals surface area (Å²) in [7, 11) is 0. The molecule has 0 spiro atoms. The minimum atomic E-state index is -1.90. The average molecular weight is 889 g/mol. The van der Waals surface area contributed by atoms with Gasteiger partial charge in [-0.3, -0.25) is 33.6 Å². The lowest BCUT2D eigenvalue weighted by molar-refractivity contribution is -0.294. The standard InChI is InChI=1S/C40H64N4O18/c1-20(2)16-25(43-38(54)61-37-32(59-24(6)49)31(58-23(5)48)30(57-22(4)47)29(60-37)19-55-21(3)46)33(50)41-26(17-45)35(52)44-15-13-14-28(44)34(51)42-27(18-56-39(7,8)9)36(53)62-40(10,11)12/h20,25-32,37,45H,13-19H2,1-12H3,(H,41,50)(H,42,51)(H,43,54)/t25-,26-,27-,28-,29+,30-,31-,32+,37-/m0/s1. The first kappa shape index (κ1) is 53.0. The summed E-state index contributed by atoms with van der Waals surface area (Å²) in [5.41, 5.74) is -1.54. The van der Waals surface area contributed by atoms with E-state index in [4.69, 9.17) is 37.9 Å². The molecule has 0 saturated carbocycles. The molecule has 0 aliphatic carbocycles. The first-order valence-corrected chi connectivity index (χ1v) is 20.3. The summed E-state index contributed by atoms with van der Waals surface area (Å²) in [4.78, 5) is 117. The molecule has 22 heteroatoms. The minimum Gasteiger partial charge on any atom is -0.463 e. The van der Waals surface area contributed by atoms with Gasteiger partial charge in [0.1, 0.15) is 36.4 Å². The van der Waals surface area contributed by atoms with E-state index in [2.05, 4.69) is 16.0 Å². The molecule has 4 amide bonds. The maximum Gasteiger partial charge on any atom is 0.410 e. The molecule has 352 valence electrons. The summed E-state index contributed by atoms with van der Waals surface area (Å²) in [5.74, 6) is -6.95. The number of nitrogens with one attached hydrogen (secondary N) is 3. The predicted molar refractivity (Wildman–Crippen MR) is 212 cm³/mol. The summed E-state index contributed by atoms with van der Waals surface area (Å²) in [6, 6.07) is -5.33. The molecule has 0 aromatic heterocycles. The minimum absolute atomic E-state index is 0.0384. The summed E-state index contributed by atoms with van der Waals surface area (Å²) < 4.78 is 43.5. The number of esters is 5. The van der Waals surface area contributed by atoms with Crippen LogP contribution >= 0.6 is 0 Å². The van der Waals surface area contributed by atoms with Crippen molar-refractivity contribution in [3.8, 4) is 0 Å². The smallest absolute Gasteiger partial charge is 0.410 e. The van der Waals surface area contributed by atoms with Gasteiger partial charge in [-0.05, 0) is 66.7 Å². The van der Waals surface area contributed by atoms with E-state index >= 15 is 0 Å². The van der Waals surface area contributed by atoms with Crippen molar-refractivity contribution >= 4 is 53.7 Å². The highest BCUT2D eigenvalue weighted by molar-refractivity contribution is 5.95. The van der Waals surface area contributed by atoms with Gasteiger partial charge in [0.25, 0.3) is 0 Å². The van der Waals surface area contributed by atoms with Crippen molar-refractivity contribution in [2.45, 2.75) is 168 Å². The Labute approximate surface area is 361 Å². The van der Waals surface area contributed by atoms with Gasteiger partial charge in [-0.25, -0.2) is 9.59 Å². The third kappa shape index (κ3) is 17.7. The summed E-state index contributed by atoms with van der Waals surface area (Å²) >= 11 is 0. The van der Waals surface area contributed by atoms with Crippen LogP contribution in [0.25, 0.3) is 0 Å². The zero-order valence-electron chi connectivity index (χ0n) is 37.6. The zero-order chi connectivity index (χ0) is 47.3. The molecule has 2 saturated heterocycles. The first-order chi connectivity index (χ1) is 28.6. The molecular weight excluding hydrogens is 824 g/mol. The van der Waals surface area contributed by atoms with E-state index in [1.54, 1.807) is 55.4 Å². The fraction of sp³-hybridized carbons (Fsp3) is 0.775. The Morgan fingerprint density at radius 2 is 1.31 bits per heavy atom. The number of hydrogen-bond donors (Lipinski definition) is 4. The van der Waals surface area contributed by atoms with Crippen LogP contribution in [0.3, 0.4) is 0 Å². The highest BCUT2D eigenvalue weighted by atomic mass is 16.8. The number of rotatable bonds is 18. The molecule has 2 heterocycles. The third-order valence-electron chi connectivity index (χ3n) is 8.81. The zero-order valence-corrected chi connectivity index (χ0v) is 37.6. The van der Waals surface area contributed by atoms with Crippen LogP contribution in [0.5, 0.6) is 0 Å². The van der Waals surface area contributed by atoms with E-state index in [-0.39, 0.29) is 31.9 Å². The highest BCUT2D eigenvalue weighted by Crippen LogP contribution is 2.30. The molecule has 0 aromatic carbocycles.